The van der Waals surface area contributed by atoms with Crippen LogP contribution in [0.1, 0.15) is 67.9 Å². The van der Waals surface area contributed by atoms with Crippen LogP contribution in [-0.4, -0.2) is 34.7 Å². The van der Waals surface area contributed by atoms with Crippen molar-refractivity contribution in [3.8, 4) is 6.07 Å². The lowest BCUT2D eigenvalue weighted by Crippen LogP contribution is -2.44. The average Bonchev–Trinajstić information content (AvgIpc) is 2.94. The van der Waals surface area contributed by atoms with Crippen molar-refractivity contribution < 1.29 is 10.2 Å². The highest BCUT2D eigenvalue weighted by Gasteiger charge is 2.41. The SMILES string of the molecule is CC(C)(C#N)c1ccc([C@H](O)CCCN2CCC(C(O)(c3ccccc3)c3ccccc3)CC2)cc1. The summed E-state index contributed by atoms with van der Waals surface area (Å²) in [6, 6.07) is 30.3. The topological polar surface area (TPSA) is 67.5 Å². The molecule has 1 fully saturated rings. The Balaban J connectivity index is 1.31. The third kappa shape index (κ3) is 5.71. The van der Waals surface area contributed by atoms with Gasteiger partial charge in [0.1, 0.15) is 5.60 Å². The molecule has 1 aliphatic rings. The summed E-state index contributed by atoms with van der Waals surface area (Å²) in [6.45, 7) is 6.64. The van der Waals surface area contributed by atoms with Crippen molar-refractivity contribution >= 4 is 0 Å². The lowest BCUT2D eigenvalue weighted by atomic mass is 9.72. The van der Waals surface area contributed by atoms with Crippen LogP contribution in [-0.2, 0) is 11.0 Å². The Morgan fingerprint density at radius 1 is 0.861 bits per heavy atom. The summed E-state index contributed by atoms with van der Waals surface area (Å²) in [5.41, 5.74) is 2.28. The molecule has 1 heterocycles. The number of hydrogen-bond donors (Lipinski definition) is 2. The van der Waals surface area contributed by atoms with Crippen LogP contribution in [0.4, 0.5) is 0 Å². The lowest BCUT2D eigenvalue weighted by molar-refractivity contribution is -0.0146. The molecule has 4 heteroatoms. The van der Waals surface area contributed by atoms with Crippen molar-refractivity contribution in [2.45, 2.75) is 56.7 Å². The van der Waals surface area contributed by atoms with Crippen molar-refractivity contribution in [1.29, 1.82) is 5.26 Å². The van der Waals surface area contributed by atoms with Crippen LogP contribution >= 0.6 is 0 Å². The number of hydrogen-bond acceptors (Lipinski definition) is 4. The molecule has 4 rings (SSSR count). The molecule has 0 radical (unpaired) electrons. The number of nitriles is 1. The second-order valence-electron chi connectivity index (χ2n) is 10.6. The molecule has 2 N–H and O–H groups in total. The molecule has 1 atom stereocenters. The predicted molar refractivity (Wildman–Crippen MR) is 144 cm³/mol. The minimum Gasteiger partial charge on any atom is -0.388 e. The first-order valence-electron chi connectivity index (χ1n) is 13.1. The van der Waals surface area contributed by atoms with E-state index >= 15 is 0 Å². The van der Waals surface area contributed by atoms with Crippen LogP contribution in [0.2, 0.25) is 0 Å². The molecule has 0 saturated carbocycles. The van der Waals surface area contributed by atoms with Gasteiger partial charge in [-0.25, -0.2) is 0 Å². The van der Waals surface area contributed by atoms with E-state index in [1.54, 1.807) is 0 Å². The third-order valence-electron chi connectivity index (χ3n) is 7.85. The molecule has 0 amide bonds. The highest BCUT2D eigenvalue weighted by molar-refractivity contribution is 5.37. The first-order valence-corrected chi connectivity index (χ1v) is 13.1. The predicted octanol–water partition coefficient (Wildman–Crippen LogP) is 5.95. The molecule has 4 nitrogen and oxygen atoms in total. The van der Waals surface area contributed by atoms with E-state index in [2.05, 4.69) is 11.0 Å². The van der Waals surface area contributed by atoms with Gasteiger partial charge in [-0.3, -0.25) is 0 Å². The molecule has 0 spiro atoms. The molecule has 0 aromatic heterocycles. The summed E-state index contributed by atoms with van der Waals surface area (Å²) in [7, 11) is 0. The van der Waals surface area contributed by atoms with Gasteiger partial charge in [0, 0.05) is 0 Å². The van der Waals surface area contributed by atoms with Gasteiger partial charge in [-0.2, -0.15) is 5.26 Å². The van der Waals surface area contributed by atoms with Crippen molar-refractivity contribution in [2.24, 2.45) is 5.92 Å². The second kappa shape index (κ2) is 11.4. The van der Waals surface area contributed by atoms with E-state index in [1.165, 1.54) is 0 Å². The number of benzene rings is 3. The summed E-state index contributed by atoms with van der Waals surface area (Å²) in [5, 5.41) is 32.1. The van der Waals surface area contributed by atoms with Crippen LogP contribution in [0.25, 0.3) is 0 Å². The summed E-state index contributed by atoms with van der Waals surface area (Å²) >= 11 is 0. The molecule has 0 unspecified atom stereocenters. The van der Waals surface area contributed by atoms with Gasteiger partial charge in [-0.15, -0.1) is 0 Å². The highest BCUT2D eigenvalue weighted by Crippen LogP contribution is 2.42. The molecule has 188 valence electrons. The maximum atomic E-state index is 12.1. The summed E-state index contributed by atoms with van der Waals surface area (Å²) < 4.78 is 0. The first kappa shape index (κ1) is 26.1. The first-order chi connectivity index (χ1) is 17.3. The van der Waals surface area contributed by atoms with Gasteiger partial charge in [-0.1, -0.05) is 84.9 Å². The highest BCUT2D eigenvalue weighted by atomic mass is 16.3. The van der Waals surface area contributed by atoms with E-state index in [-0.39, 0.29) is 5.92 Å². The van der Waals surface area contributed by atoms with Gasteiger partial charge in [0.2, 0.25) is 0 Å². The molecule has 1 aliphatic heterocycles. The molecule has 0 bridgehead atoms. The van der Waals surface area contributed by atoms with Crippen molar-refractivity contribution in [1.82, 2.24) is 4.90 Å². The van der Waals surface area contributed by atoms with Crippen LogP contribution in [0.15, 0.2) is 84.9 Å². The Morgan fingerprint density at radius 3 is 1.89 bits per heavy atom. The zero-order valence-electron chi connectivity index (χ0n) is 21.5. The van der Waals surface area contributed by atoms with Crippen LogP contribution in [0.5, 0.6) is 0 Å². The average molecular weight is 483 g/mol. The summed E-state index contributed by atoms with van der Waals surface area (Å²) in [5.74, 6) is 0.153. The number of likely N-dealkylation sites (tertiary alicyclic amines) is 1. The fraction of sp³-hybridized carbons (Fsp3) is 0.406. The molecule has 36 heavy (non-hydrogen) atoms. The molecular weight excluding hydrogens is 444 g/mol. The number of aliphatic hydroxyl groups is 2. The number of aliphatic hydroxyl groups excluding tert-OH is 1. The van der Waals surface area contributed by atoms with Crippen LogP contribution in [0, 0.1) is 17.2 Å². The standard InChI is InChI=1S/C32H38N2O2/c1-31(2,24-33)26-17-15-25(16-18-26)30(35)14-9-21-34-22-19-29(20-23-34)32(36,27-10-5-3-6-11-27)28-12-7-4-8-13-28/h3-8,10-13,15-18,29-30,35-36H,9,14,19-23H2,1-2H3/t30-/m1/s1. The van der Waals surface area contributed by atoms with Crippen molar-refractivity contribution in [3.63, 3.8) is 0 Å². The van der Waals surface area contributed by atoms with Crippen molar-refractivity contribution in [2.75, 3.05) is 19.6 Å². The van der Waals surface area contributed by atoms with Crippen LogP contribution < -0.4 is 0 Å². The third-order valence-corrected chi connectivity index (χ3v) is 7.85. The number of rotatable bonds is 9. The zero-order valence-corrected chi connectivity index (χ0v) is 21.5. The maximum Gasteiger partial charge on any atom is 0.117 e. The Labute approximate surface area is 215 Å². The summed E-state index contributed by atoms with van der Waals surface area (Å²) in [4.78, 5) is 2.46. The molecule has 0 aliphatic carbocycles. The fourth-order valence-electron chi connectivity index (χ4n) is 5.46. The molecular formula is C32H38N2O2. The van der Waals surface area contributed by atoms with Gasteiger partial charge in [0.25, 0.3) is 0 Å². The minimum atomic E-state index is -0.989. The Morgan fingerprint density at radius 2 is 1.39 bits per heavy atom. The van der Waals surface area contributed by atoms with Gasteiger partial charge in [0.05, 0.1) is 17.6 Å². The summed E-state index contributed by atoms with van der Waals surface area (Å²) in [6.07, 6.45) is 2.98. The lowest BCUT2D eigenvalue weighted by Gasteiger charge is -2.42. The van der Waals surface area contributed by atoms with E-state index in [1.807, 2.05) is 98.8 Å². The van der Waals surface area contributed by atoms with Crippen LogP contribution in [0.3, 0.4) is 0 Å². The van der Waals surface area contributed by atoms with Gasteiger partial charge >= 0.3 is 0 Å². The Bertz CT molecular complexity index is 1090. The van der Waals surface area contributed by atoms with Gasteiger partial charge in [-0.05, 0) is 87.3 Å². The fourth-order valence-corrected chi connectivity index (χ4v) is 5.46. The minimum absolute atomic E-state index is 0.153. The second-order valence-corrected chi connectivity index (χ2v) is 10.6. The normalized spacial score (nSPS) is 16.4. The Hall–Kier alpha value is -2.97. The monoisotopic (exact) mass is 482 g/mol. The van der Waals surface area contributed by atoms with E-state index in [4.69, 9.17) is 0 Å². The quantitative estimate of drug-likeness (QED) is 0.395. The number of piperidine rings is 1. The van der Waals surface area contributed by atoms with E-state index in [0.29, 0.717) is 6.42 Å². The van der Waals surface area contributed by atoms with Crippen molar-refractivity contribution in [3.05, 3.63) is 107 Å². The molecule has 3 aromatic carbocycles. The van der Waals surface area contributed by atoms with Gasteiger partial charge < -0.3 is 15.1 Å². The Kier molecular flexibility index (Phi) is 8.26. The largest absolute Gasteiger partial charge is 0.388 e. The van der Waals surface area contributed by atoms with E-state index in [0.717, 1.165) is 61.2 Å². The molecule has 3 aromatic rings. The maximum absolute atomic E-state index is 12.1. The number of nitrogens with zero attached hydrogens (tertiary/aromatic N) is 2. The van der Waals surface area contributed by atoms with E-state index < -0.39 is 17.1 Å². The van der Waals surface area contributed by atoms with Gasteiger partial charge in [0.15, 0.2) is 0 Å². The van der Waals surface area contributed by atoms with E-state index in [9.17, 15) is 15.5 Å². The molecule has 1 saturated heterocycles. The zero-order chi connectivity index (χ0) is 25.6. The smallest absolute Gasteiger partial charge is 0.117 e.